The molecule has 0 unspecified atom stereocenters. The van der Waals surface area contributed by atoms with Crippen LogP contribution in [0.1, 0.15) is 25.8 Å². The van der Waals surface area contributed by atoms with Crippen molar-refractivity contribution in [3.8, 4) is 11.5 Å². The molecule has 154 valence electrons. The molecule has 1 aliphatic heterocycles. The molecule has 1 aromatic carbocycles. The summed E-state index contributed by atoms with van der Waals surface area (Å²) in [5, 5.41) is 31.5. The molecular weight excluding hydrogens is 404 g/mol. The zero-order chi connectivity index (χ0) is 21.7. The summed E-state index contributed by atoms with van der Waals surface area (Å²) in [7, 11) is 1.23. The summed E-state index contributed by atoms with van der Waals surface area (Å²) in [5.41, 5.74) is -0.639. The molecule has 10 nitrogen and oxygen atoms in total. The molecule has 0 radical (unpaired) electrons. The second-order valence-electron chi connectivity index (χ2n) is 5.57. The molecule has 1 aromatic rings. The normalized spacial score (nSPS) is 16.4. The van der Waals surface area contributed by atoms with Crippen LogP contribution in [-0.4, -0.2) is 45.8 Å². The first kappa shape index (κ1) is 22.0. The number of esters is 1. The molecule has 0 saturated heterocycles. The topological polar surface area (TPSA) is 149 Å². The number of hydrogen-bond donors (Lipinski definition) is 2. The summed E-state index contributed by atoms with van der Waals surface area (Å²) in [5.74, 6) is -2.59. The standard InChI is InChI=1S/C18H18N2O8S/c1-4-13(21)19-17-14(18(24)28-5-2)16(23)12(29-17)8-9-6-10(20(25)26)15(22)11(7-9)27-3/h6-8,22-23H,4-5H2,1-3H3/b12-8-,19-17?. The van der Waals surface area contributed by atoms with E-state index in [1.807, 2.05) is 0 Å². The fraction of sp³-hybridized carbons (Fsp3) is 0.278. The van der Waals surface area contributed by atoms with Crippen molar-refractivity contribution < 1.29 is 34.2 Å². The fourth-order valence-corrected chi connectivity index (χ4v) is 3.36. The Morgan fingerprint density at radius 3 is 2.55 bits per heavy atom. The number of nitro benzene ring substituents is 1. The minimum atomic E-state index is -0.849. The molecule has 0 atom stereocenters. The number of carbonyl (C=O) groups excluding carboxylic acids is 2. The number of aromatic hydroxyl groups is 1. The van der Waals surface area contributed by atoms with E-state index in [9.17, 15) is 29.9 Å². The summed E-state index contributed by atoms with van der Waals surface area (Å²) >= 11 is 0.844. The van der Waals surface area contributed by atoms with Gasteiger partial charge in [0.25, 0.3) is 0 Å². The molecule has 0 fully saturated rings. The molecule has 2 N–H and O–H groups in total. The number of thioether (sulfide) groups is 1. The lowest BCUT2D eigenvalue weighted by Crippen LogP contribution is -2.14. The monoisotopic (exact) mass is 422 g/mol. The average Bonchev–Trinajstić information content (AvgIpc) is 2.97. The van der Waals surface area contributed by atoms with Gasteiger partial charge < -0.3 is 19.7 Å². The fourth-order valence-electron chi connectivity index (χ4n) is 2.33. The lowest BCUT2D eigenvalue weighted by atomic mass is 10.1. The second kappa shape index (κ2) is 9.24. The van der Waals surface area contributed by atoms with Crippen molar-refractivity contribution in [1.82, 2.24) is 0 Å². The Bertz CT molecular complexity index is 965. The van der Waals surface area contributed by atoms with Gasteiger partial charge in [0, 0.05) is 12.5 Å². The SMILES string of the molecule is CCOC(=O)C1=C(O)/C(=C/c2cc(OC)c(O)c([N+](=O)[O-])c2)SC1=NC(=O)CC. The first-order valence-electron chi connectivity index (χ1n) is 8.40. The number of carbonyl (C=O) groups is 2. The number of amides is 1. The molecule has 1 aliphatic rings. The minimum absolute atomic E-state index is 0.0284. The van der Waals surface area contributed by atoms with Crippen molar-refractivity contribution in [2.45, 2.75) is 20.3 Å². The molecule has 0 aromatic heterocycles. The predicted molar refractivity (Wildman–Crippen MR) is 106 cm³/mol. The van der Waals surface area contributed by atoms with Gasteiger partial charge in [-0.15, -0.1) is 0 Å². The van der Waals surface area contributed by atoms with E-state index in [4.69, 9.17) is 9.47 Å². The number of rotatable bonds is 6. The molecule has 0 saturated carbocycles. The van der Waals surface area contributed by atoms with E-state index in [0.29, 0.717) is 0 Å². The number of phenolic OH excluding ortho intramolecular Hbond substituents is 1. The lowest BCUT2D eigenvalue weighted by Gasteiger charge is -2.06. The molecule has 11 heteroatoms. The smallest absolute Gasteiger partial charge is 0.344 e. The van der Waals surface area contributed by atoms with Gasteiger partial charge in [-0.2, -0.15) is 0 Å². The number of aliphatic hydroxyl groups excluding tert-OH is 1. The van der Waals surface area contributed by atoms with Crippen LogP contribution in [0, 0.1) is 10.1 Å². The number of nitrogens with zero attached hydrogens (tertiary/aromatic N) is 2. The Labute approximate surface area is 169 Å². The highest BCUT2D eigenvalue weighted by Gasteiger charge is 2.34. The summed E-state index contributed by atoms with van der Waals surface area (Å²) < 4.78 is 9.85. The minimum Gasteiger partial charge on any atom is -0.506 e. The van der Waals surface area contributed by atoms with Gasteiger partial charge >= 0.3 is 11.7 Å². The van der Waals surface area contributed by atoms with Crippen LogP contribution in [0.15, 0.2) is 33.4 Å². The Balaban J connectivity index is 2.60. The molecule has 1 heterocycles. The van der Waals surface area contributed by atoms with Crippen LogP contribution in [0.4, 0.5) is 5.69 Å². The Hall–Kier alpha value is -3.34. The third kappa shape index (κ3) is 4.74. The van der Waals surface area contributed by atoms with Crippen molar-refractivity contribution in [2.24, 2.45) is 4.99 Å². The molecule has 0 bridgehead atoms. The number of phenols is 1. The van der Waals surface area contributed by atoms with Crippen LogP contribution in [0.3, 0.4) is 0 Å². The molecule has 2 rings (SSSR count). The van der Waals surface area contributed by atoms with E-state index in [1.54, 1.807) is 13.8 Å². The Morgan fingerprint density at radius 1 is 1.31 bits per heavy atom. The highest BCUT2D eigenvalue weighted by Crippen LogP contribution is 2.42. The molecule has 0 aliphatic carbocycles. The third-order valence-electron chi connectivity index (χ3n) is 3.69. The first-order valence-corrected chi connectivity index (χ1v) is 9.22. The molecule has 1 amide bonds. The van der Waals surface area contributed by atoms with E-state index < -0.39 is 34.0 Å². The van der Waals surface area contributed by atoms with Crippen LogP contribution in [-0.2, 0) is 14.3 Å². The zero-order valence-electron chi connectivity index (χ0n) is 15.8. The lowest BCUT2D eigenvalue weighted by molar-refractivity contribution is -0.386. The number of hydrogen-bond acceptors (Lipinski definition) is 9. The maximum atomic E-state index is 12.2. The predicted octanol–water partition coefficient (Wildman–Crippen LogP) is 3.11. The number of aliphatic hydroxyl groups is 1. The Morgan fingerprint density at radius 2 is 2.00 bits per heavy atom. The van der Waals surface area contributed by atoms with Crippen molar-refractivity contribution in [2.75, 3.05) is 13.7 Å². The number of aliphatic imine (C=N–C) groups is 1. The summed E-state index contributed by atoms with van der Waals surface area (Å²) in [6, 6.07) is 2.40. The van der Waals surface area contributed by atoms with Crippen LogP contribution < -0.4 is 4.74 Å². The van der Waals surface area contributed by atoms with Gasteiger partial charge in [-0.1, -0.05) is 18.7 Å². The van der Waals surface area contributed by atoms with Gasteiger partial charge in [-0.05, 0) is 24.6 Å². The van der Waals surface area contributed by atoms with E-state index >= 15 is 0 Å². The van der Waals surface area contributed by atoms with Crippen LogP contribution >= 0.6 is 11.8 Å². The highest BCUT2D eigenvalue weighted by atomic mass is 32.2. The van der Waals surface area contributed by atoms with Crippen molar-refractivity contribution >= 4 is 40.4 Å². The van der Waals surface area contributed by atoms with E-state index in [1.165, 1.54) is 19.3 Å². The van der Waals surface area contributed by atoms with E-state index in [-0.39, 0.29) is 39.9 Å². The largest absolute Gasteiger partial charge is 0.506 e. The maximum Gasteiger partial charge on any atom is 0.344 e. The van der Waals surface area contributed by atoms with Gasteiger partial charge in [0.05, 0.1) is 23.5 Å². The van der Waals surface area contributed by atoms with E-state index in [0.717, 1.165) is 17.8 Å². The van der Waals surface area contributed by atoms with Gasteiger partial charge in [0.15, 0.2) is 5.75 Å². The number of ether oxygens (including phenoxy) is 2. The van der Waals surface area contributed by atoms with Crippen molar-refractivity contribution in [3.05, 3.63) is 44.0 Å². The Kier molecular flexibility index (Phi) is 6.99. The second-order valence-corrected chi connectivity index (χ2v) is 6.60. The molecular formula is C18H18N2O8S. The third-order valence-corrected chi connectivity index (χ3v) is 4.71. The van der Waals surface area contributed by atoms with Crippen molar-refractivity contribution in [1.29, 1.82) is 0 Å². The highest BCUT2D eigenvalue weighted by molar-refractivity contribution is 8.18. The van der Waals surface area contributed by atoms with Crippen LogP contribution in [0.25, 0.3) is 6.08 Å². The molecule has 29 heavy (non-hydrogen) atoms. The van der Waals surface area contributed by atoms with Gasteiger partial charge in [-0.25, -0.2) is 9.79 Å². The first-order chi connectivity index (χ1) is 13.7. The quantitative estimate of drug-likeness (QED) is 0.400. The molecule has 0 spiro atoms. The number of methoxy groups -OCH3 is 1. The zero-order valence-corrected chi connectivity index (χ0v) is 16.6. The van der Waals surface area contributed by atoms with Gasteiger partial charge in [-0.3, -0.25) is 14.9 Å². The summed E-state index contributed by atoms with van der Waals surface area (Å²) in [4.78, 5) is 38.2. The number of nitro groups is 1. The summed E-state index contributed by atoms with van der Waals surface area (Å²) in [6.07, 6.45) is 1.44. The van der Waals surface area contributed by atoms with Gasteiger partial charge in [0.2, 0.25) is 11.7 Å². The van der Waals surface area contributed by atoms with E-state index in [2.05, 4.69) is 4.99 Å². The number of benzene rings is 1. The van der Waals surface area contributed by atoms with Crippen molar-refractivity contribution in [3.63, 3.8) is 0 Å². The summed E-state index contributed by atoms with van der Waals surface area (Å²) in [6.45, 7) is 3.23. The van der Waals surface area contributed by atoms with Crippen LogP contribution in [0.2, 0.25) is 0 Å². The van der Waals surface area contributed by atoms with Crippen LogP contribution in [0.5, 0.6) is 11.5 Å². The maximum absolute atomic E-state index is 12.2. The van der Waals surface area contributed by atoms with Gasteiger partial charge in [0.1, 0.15) is 16.4 Å². The average molecular weight is 422 g/mol.